The number of hydrogen-bond acceptors (Lipinski definition) is 4. The number of halogens is 3. The third kappa shape index (κ3) is 5.31. The number of carbonyl (C=O) groups is 1. The first-order chi connectivity index (χ1) is 16.9. The number of carbonyl (C=O) groups excluding carboxylic acids is 1. The van der Waals surface area contributed by atoms with Crippen LogP contribution in [-0.2, 0) is 16.2 Å². The molecule has 1 aromatic heterocycles. The monoisotopic (exact) mass is 520 g/mol. The zero-order valence-electron chi connectivity index (χ0n) is 20.1. The van der Waals surface area contributed by atoms with Gasteiger partial charge in [0, 0.05) is 24.7 Å². The van der Waals surface area contributed by atoms with Crippen LogP contribution in [0.1, 0.15) is 41.9 Å². The summed E-state index contributed by atoms with van der Waals surface area (Å²) in [5.74, 6) is -0.199. The van der Waals surface area contributed by atoms with E-state index in [0.29, 0.717) is 18.8 Å². The van der Waals surface area contributed by atoms with Gasteiger partial charge in [-0.05, 0) is 55.5 Å². The average molecular weight is 521 g/mol. The second-order valence-corrected chi connectivity index (χ2v) is 11.3. The minimum atomic E-state index is -4.62. The number of anilines is 1. The first kappa shape index (κ1) is 25.9. The number of piperidine rings is 1. The van der Waals surface area contributed by atoms with E-state index in [2.05, 4.69) is 10.4 Å². The van der Waals surface area contributed by atoms with Crippen molar-refractivity contribution in [1.29, 1.82) is 0 Å². The Bertz CT molecular complexity index is 1380. The molecule has 11 heteroatoms. The van der Waals surface area contributed by atoms with Gasteiger partial charge >= 0.3 is 6.18 Å². The van der Waals surface area contributed by atoms with E-state index in [1.165, 1.54) is 52.8 Å². The van der Waals surface area contributed by atoms with Crippen LogP contribution < -0.4 is 5.32 Å². The number of sulfonamides is 1. The molecule has 0 aliphatic carbocycles. The number of rotatable bonds is 5. The molecule has 0 bridgehead atoms. The molecule has 36 heavy (non-hydrogen) atoms. The molecular formula is C25H27F3N4O3S. The molecule has 1 amide bonds. The van der Waals surface area contributed by atoms with E-state index in [0.717, 1.165) is 17.2 Å². The molecule has 7 nitrogen and oxygen atoms in total. The van der Waals surface area contributed by atoms with Crippen molar-refractivity contribution in [2.24, 2.45) is 11.8 Å². The zero-order valence-corrected chi connectivity index (χ0v) is 20.9. The van der Waals surface area contributed by atoms with Crippen molar-refractivity contribution in [1.82, 2.24) is 14.1 Å². The minimum absolute atomic E-state index is 0.0106. The fourth-order valence-corrected chi connectivity index (χ4v) is 6.33. The minimum Gasteiger partial charge on any atom is -0.306 e. The Hall–Kier alpha value is -3.18. The van der Waals surface area contributed by atoms with Gasteiger partial charge in [0.1, 0.15) is 5.82 Å². The number of aromatic nitrogens is 2. The van der Waals surface area contributed by atoms with Gasteiger partial charge in [0.15, 0.2) is 0 Å². The third-order valence-corrected chi connectivity index (χ3v) is 7.91. The first-order valence-electron chi connectivity index (χ1n) is 11.5. The second kappa shape index (κ2) is 9.70. The standard InChI is InChI=1S/C25H27F3N4O3S/c1-16-11-17(2)15-31(14-16)36(34,35)20-8-6-7-19(13-20)24(33)29-23-12-18(3)30-32(23)22-10-5-4-9-21(22)25(26,27)28/h4-10,12-13,16-17H,11,14-15H2,1-3H3,(H,29,33)/t16-,17-/m0/s1. The number of nitrogens with zero attached hydrogens (tertiary/aromatic N) is 3. The van der Waals surface area contributed by atoms with E-state index < -0.39 is 27.7 Å². The summed E-state index contributed by atoms with van der Waals surface area (Å²) in [5, 5.41) is 6.72. The highest BCUT2D eigenvalue weighted by molar-refractivity contribution is 7.89. The molecule has 0 unspecified atom stereocenters. The van der Waals surface area contributed by atoms with E-state index in [1.807, 2.05) is 13.8 Å². The summed E-state index contributed by atoms with van der Waals surface area (Å²) in [6.45, 7) is 6.41. The summed E-state index contributed by atoms with van der Waals surface area (Å²) in [4.78, 5) is 13.1. The Morgan fingerprint density at radius 1 is 1.03 bits per heavy atom. The van der Waals surface area contributed by atoms with Crippen molar-refractivity contribution < 1.29 is 26.4 Å². The van der Waals surface area contributed by atoms with Gasteiger partial charge in [0.25, 0.3) is 5.91 Å². The van der Waals surface area contributed by atoms with Crippen molar-refractivity contribution in [2.75, 3.05) is 18.4 Å². The zero-order chi connectivity index (χ0) is 26.3. The van der Waals surface area contributed by atoms with E-state index in [4.69, 9.17) is 0 Å². The van der Waals surface area contributed by atoms with Crippen LogP contribution in [0.5, 0.6) is 0 Å². The molecule has 1 N–H and O–H groups in total. The molecule has 0 spiro atoms. The fraction of sp³-hybridized carbons (Fsp3) is 0.360. The molecule has 2 heterocycles. The van der Waals surface area contributed by atoms with Crippen molar-refractivity contribution >= 4 is 21.7 Å². The molecule has 0 radical (unpaired) electrons. The molecule has 0 saturated carbocycles. The Labute approximate surface area is 208 Å². The van der Waals surface area contributed by atoms with E-state index >= 15 is 0 Å². The van der Waals surface area contributed by atoms with Gasteiger partial charge in [-0.15, -0.1) is 0 Å². The number of aryl methyl sites for hydroxylation is 1. The molecule has 1 fully saturated rings. The van der Waals surface area contributed by atoms with Crippen LogP contribution in [0.2, 0.25) is 0 Å². The Balaban J connectivity index is 1.63. The van der Waals surface area contributed by atoms with Crippen molar-refractivity contribution in [3.05, 3.63) is 71.4 Å². The quantitative estimate of drug-likeness (QED) is 0.506. The van der Waals surface area contributed by atoms with Gasteiger partial charge in [-0.25, -0.2) is 13.1 Å². The fourth-order valence-electron chi connectivity index (χ4n) is 4.61. The molecule has 4 rings (SSSR count). The lowest BCUT2D eigenvalue weighted by molar-refractivity contribution is -0.137. The molecule has 1 aliphatic heterocycles. The summed E-state index contributed by atoms with van der Waals surface area (Å²) in [7, 11) is -3.81. The van der Waals surface area contributed by atoms with E-state index in [1.54, 1.807) is 6.92 Å². The summed E-state index contributed by atoms with van der Waals surface area (Å²) in [5.41, 5.74) is -0.685. The first-order valence-corrected chi connectivity index (χ1v) is 12.9. The predicted octanol–water partition coefficient (Wildman–Crippen LogP) is 5.12. The Kier molecular flexibility index (Phi) is 6.98. The van der Waals surface area contributed by atoms with Crippen LogP contribution in [-0.4, -0.2) is 41.5 Å². The largest absolute Gasteiger partial charge is 0.418 e. The lowest BCUT2D eigenvalue weighted by atomic mass is 9.94. The molecular weight excluding hydrogens is 493 g/mol. The highest BCUT2D eigenvalue weighted by atomic mass is 32.2. The Morgan fingerprint density at radius 2 is 1.69 bits per heavy atom. The van der Waals surface area contributed by atoms with Crippen LogP contribution in [0.25, 0.3) is 5.69 Å². The normalized spacial score (nSPS) is 19.3. The van der Waals surface area contributed by atoms with Gasteiger partial charge in [-0.1, -0.05) is 32.0 Å². The summed E-state index contributed by atoms with van der Waals surface area (Å²) in [6, 6.07) is 12.0. The highest BCUT2D eigenvalue weighted by Gasteiger charge is 2.35. The van der Waals surface area contributed by atoms with E-state index in [-0.39, 0.29) is 33.8 Å². The molecule has 1 aliphatic rings. The molecule has 3 aromatic rings. The maximum Gasteiger partial charge on any atom is 0.418 e. The van der Waals surface area contributed by atoms with Gasteiger partial charge < -0.3 is 5.32 Å². The number of alkyl halides is 3. The molecule has 2 atom stereocenters. The number of nitrogens with one attached hydrogen (secondary N) is 1. The van der Waals surface area contributed by atoms with Gasteiger partial charge in [-0.2, -0.15) is 22.6 Å². The number of benzene rings is 2. The van der Waals surface area contributed by atoms with Crippen LogP contribution in [0.4, 0.5) is 19.0 Å². The predicted molar refractivity (Wildman–Crippen MR) is 129 cm³/mol. The SMILES string of the molecule is Cc1cc(NC(=O)c2cccc(S(=O)(=O)N3C[C@@H](C)C[C@H](C)C3)c2)n(-c2ccccc2C(F)(F)F)n1. The summed E-state index contributed by atoms with van der Waals surface area (Å²) >= 11 is 0. The lowest BCUT2D eigenvalue weighted by Crippen LogP contribution is -2.42. The number of para-hydroxylation sites is 1. The maximum atomic E-state index is 13.6. The van der Waals surface area contributed by atoms with Crippen molar-refractivity contribution in [3.63, 3.8) is 0 Å². The topological polar surface area (TPSA) is 84.3 Å². The summed E-state index contributed by atoms with van der Waals surface area (Å²) < 4.78 is 69.7. The smallest absolute Gasteiger partial charge is 0.306 e. The van der Waals surface area contributed by atoms with Gasteiger partial charge in [0.05, 0.1) is 21.8 Å². The average Bonchev–Trinajstić information content (AvgIpc) is 3.17. The van der Waals surface area contributed by atoms with Gasteiger partial charge in [-0.3, -0.25) is 4.79 Å². The second-order valence-electron chi connectivity index (χ2n) is 9.35. The number of hydrogen-bond donors (Lipinski definition) is 1. The van der Waals surface area contributed by atoms with Crippen molar-refractivity contribution in [3.8, 4) is 5.69 Å². The maximum absolute atomic E-state index is 13.6. The van der Waals surface area contributed by atoms with Crippen LogP contribution >= 0.6 is 0 Å². The molecule has 1 saturated heterocycles. The van der Waals surface area contributed by atoms with E-state index in [9.17, 15) is 26.4 Å². The van der Waals surface area contributed by atoms with Crippen LogP contribution in [0, 0.1) is 18.8 Å². The number of amides is 1. The molecule has 192 valence electrons. The molecule has 2 aromatic carbocycles. The van der Waals surface area contributed by atoms with Crippen LogP contribution in [0.15, 0.2) is 59.5 Å². The van der Waals surface area contributed by atoms with Crippen LogP contribution in [0.3, 0.4) is 0 Å². The summed E-state index contributed by atoms with van der Waals surface area (Å²) in [6.07, 6.45) is -3.68. The van der Waals surface area contributed by atoms with Gasteiger partial charge in [0.2, 0.25) is 10.0 Å². The third-order valence-electron chi connectivity index (χ3n) is 6.08. The Morgan fingerprint density at radius 3 is 2.36 bits per heavy atom. The lowest BCUT2D eigenvalue weighted by Gasteiger charge is -2.34. The van der Waals surface area contributed by atoms with Crippen molar-refractivity contribution in [2.45, 2.75) is 38.3 Å². The highest BCUT2D eigenvalue weighted by Crippen LogP contribution is 2.35.